The molecule has 28 heavy (non-hydrogen) atoms. The fourth-order valence-electron chi connectivity index (χ4n) is 4.24. The lowest BCUT2D eigenvalue weighted by atomic mass is 9.93. The molecule has 0 nitrogen and oxygen atoms in total. The van der Waals surface area contributed by atoms with Crippen LogP contribution in [-0.2, 0) is 0 Å². The van der Waals surface area contributed by atoms with Crippen LogP contribution in [0.1, 0.15) is 47.9 Å². The van der Waals surface area contributed by atoms with Crippen molar-refractivity contribution in [2.75, 3.05) is 0 Å². The van der Waals surface area contributed by atoms with Crippen LogP contribution < -0.4 is 0 Å². The van der Waals surface area contributed by atoms with Crippen LogP contribution in [0.4, 0.5) is 0 Å². The summed E-state index contributed by atoms with van der Waals surface area (Å²) in [7, 11) is 0. The SMILES string of the molecule is CC1=C(c2ccccc2C2CC2)C=C=C(c2ccc(C)c3ccccc23)C=C1. The number of allylic oxidation sites excluding steroid dienone is 5. The minimum Gasteiger partial charge on any atom is -0.112 e. The first-order valence-electron chi connectivity index (χ1n) is 10.2. The molecule has 136 valence electrons. The molecule has 0 saturated heterocycles. The lowest BCUT2D eigenvalue weighted by molar-refractivity contribution is 1.12. The fourth-order valence-corrected chi connectivity index (χ4v) is 4.24. The van der Waals surface area contributed by atoms with Gasteiger partial charge in [-0.25, -0.2) is 0 Å². The van der Waals surface area contributed by atoms with Gasteiger partial charge in [-0.15, -0.1) is 5.73 Å². The van der Waals surface area contributed by atoms with E-state index in [9.17, 15) is 0 Å². The van der Waals surface area contributed by atoms with Gasteiger partial charge in [0.15, 0.2) is 0 Å². The Morgan fingerprint density at radius 2 is 1.50 bits per heavy atom. The second-order valence-corrected chi connectivity index (χ2v) is 7.97. The Bertz CT molecular complexity index is 1210. The van der Waals surface area contributed by atoms with Crippen LogP contribution in [0.3, 0.4) is 0 Å². The number of hydrogen-bond acceptors (Lipinski definition) is 0. The van der Waals surface area contributed by atoms with Gasteiger partial charge >= 0.3 is 0 Å². The van der Waals surface area contributed by atoms with Gasteiger partial charge in [-0.05, 0) is 88.9 Å². The Morgan fingerprint density at radius 1 is 0.750 bits per heavy atom. The molecule has 5 rings (SSSR count). The average Bonchev–Trinajstić information content (AvgIpc) is 3.57. The maximum atomic E-state index is 3.62. The minimum absolute atomic E-state index is 0.738. The summed E-state index contributed by atoms with van der Waals surface area (Å²) in [5.41, 5.74) is 12.8. The van der Waals surface area contributed by atoms with Crippen LogP contribution >= 0.6 is 0 Å². The van der Waals surface area contributed by atoms with Gasteiger partial charge in [0, 0.05) is 5.57 Å². The zero-order valence-corrected chi connectivity index (χ0v) is 16.5. The molecule has 0 heterocycles. The molecular weight excluding hydrogens is 336 g/mol. The van der Waals surface area contributed by atoms with E-state index in [4.69, 9.17) is 0 Å². The predicted octanol–water partition coefficient (Wildman–Crippen LogP) is 7.61. The van der Waals surface area contributed by atoms with Crippen molar-refractivity contribution in [1.82, 2.24) is 0 Å². The zero-order chi connectivity index (χ0) is 19.1. The maximum Gasteiger partial charge on any atom is 0.0243 e. The Hall–Kier alpha value is -3.08. The van der Waals surface area contributed by atoms with E-state index in [2.05, 4.69) is 98.5 Å². The molecule has 1 fully saturated rings. The summed E-state index contributed by atoms with van der Waals surface area (Å²) in [6.07, 6.45) is 9.30. The van der Waals surface area contributed by atoms with Crippen molar-refractivity contribution in [3.8, 4) is 0 Å². The van der Waals surface area contributed by atoms with E-state index in [0.717, 1.165) is 11.5 Å². The smallest absolute Gasteiger partial charge is 0.0243 e. The third-order valence-corrected chi connectivity index (χ3v) is 6.00. The van der Waals surface area contributed by atoms with Gasteiger partial charge in [0.2, 0.25) is 0 Å². The normalized spacial score (nSPS) is 16.4. The first-order chi connectivity index (χ1) is 13.7. The van der Waals surface area contributed by atoms with Crippen molar-refractivity contribution in [2.45, 2.75) is 32.6 Å². The molecule has 0 spiro atoms. The molecule has 1 saturated carbocycles. The summed E-state index contributed by atoms with van der Waals surface area (Å²) in [6, 6.07) is 22.0. The third kappa shape index (κ3) is 2.97. The number of hydrogen-bond donors (Lipinski definition) is 0. The Labute approximate surface area is 167 Å². The molecule has 0 radical (unpaired) electrons. The summed E-state index contributed by atoms with van der Waals surface area (Å²) in [4.78, 5) is 0. The van der Waals surface area contributed by atoms with Crippen LogP contribution in [0.25, 0.3) is 21.9 Å². The highest BCUT2D eigenvalue weighted by Gasteiger charge is 2.26. The molecule has 0 heteroatoms. The molecule has 2 aliphatic rings. The number of fused-ring (bicyclic) bond motifs is 1. The van der Waals surface area contributed by atoms with Gasteiger partial charge in [0.1, 0.15) is 0 Å². The van der Waals surface area contributed by atoms with E-state index in [0.29, 0.717) is 0 Å². The summed E-state index contributed by atoms with van der Waals surface area (Å²) in [6.45, 7) is 4.39. The van der Waals surface area contributed by atoms with Crippen LogP contribution in [0.15, 0.2) is 90.2 Å². The van der Waals surface area contributed by atoms with Crippen molar-refractivity contribution in [1.29, 1.82) is 0 Å². The maximum absolute atomic E-state index is 3.62. The molecule has 0 N–H and O–H groups in total. The Morgan fingerprint density at radius 3 is 2.32 bits per heavy atom. The molecule has 3 aromatic rings. The van der Waals surface area contributed by atoms with Crippen molar-refractivity contribution in [2.24, 2.45) is 0 Å². The minimum atomic E-state index is 0.738. The molecule has 0 atom stereocenters. The topological polar surface area (TPSA) is 0 Å². The van der Waals surface area contributed by atoms with Crippen molar-refractivity contribution >= 4 is 21.9 Å². The highest BCUT2D eigenvalue weighted by atomic mass is 14.3. The van der Waals surface area contributed by atoms with Gasteiger partial charge in [-0.3, -0.25) is 0 Å². The molecular formula is C28H24. The highest BCUT2D eigenvalue weighted by molar-refractivity contribution is 5.98. The van der Waals surface area contributed by atoms with E-state index < -0.39 is 0 Å². The van der Waals surface area contributed by atoms with Crippen LogP contribution in [0, 0.1) is 6.92 Å². The first kappa shape index (κ1) is 17.0. The first-order valence-corrected chi connectivity index (χ1v) is 10.2. The van der Waals surface area contributed by atoms with Gasteiger partial charge < -0.3 is 0 Å². The van der Waals surface area contributed by atoms with Gasteiger partial charge in [-0.2, -0.15) is 0 Å². The van der Waals surface area contributed by atoms with Gasteiger partial charge in [0.05, 0.1) is 0 Å². The third-order valence-electron chi connectivity index (χ3n) is 6.00. The highest BCUT2D eigenvalue weighted by Crippen LogP contribution is 2.44. The molecule has 0 aromatic heterocycles. The lowest BCUT2D eigenvalue weighted by Crippen LogP contribution is -1.91. The van der Waals surface area contributed by atoms with Crippen LogP contribution in [-0.4, -0.2) is 0 Å². The van der Waals surface area contributed by atoms with Crippen LogP contribution in [0.5, 0.6) is 0 Å². The average molecular weight is 360 g/mol. The van der Waals surface area contributed by atoms with Crippen molar-refractivity contribution in [3.63, 3.8) is 0 Å². The zero-order valence-electron chi connectivity index (χ0n) is 16.5. The van der Waals surface area contributed by atoms with Gasteiger partial charge in [-0.1, -0.05) is 66.7 Å². The number of aryl methyl sites for hydroxylation is 1. The van der Waals surface area contributed by atoms with Gasteiger partial charge in [0.25, 0.3) is 0 Å². The molecule has 0 amide bonds. The Kier molecular flexibility index (Phi) is 4.15. The monoisotopic (exact) mass is 360 g/mol. The Balaban J connectivity index is 1.65. The largest absolute Gasteiger partial charge is 0.112 e. The van der Waals surface area contributed by atoms with E-state index in [1.165, 1.54) is 57.0 Å². The molecule has 0 aliphatic heterocycles. The van der Waals surface area contributed by atoms with Crippen LogP contribution in [0.2, 0.25) is 0 Å². The summed E-state index contributed by atoms with van der Waals surface area (Å²) >= 11 is 0. The number of benzene rings is 3. The molecule has 3 aromatic carbocycles. The molecule has 0 unspecified atom stereocenters. The van der Waals surface area contributed by atoms with E-state index in [-0.39, 0.29) is 0 Å². The van der Waals surface area contributed by atoms with Crippen molar-refractivity contribution < 1.29 is 0 Å². The number of rotatable bonds is 3. The molecule has 0 bridgehead atoms. The lowest BCUT2D eigenvalue weighted by Gasteiger charge is -2.11. The van der Waals surface area contributed by atoms with E-state index in [1.807, 2.05) is 0 Å². The van der Waals surface area contributed by atoms with Crippen molar-refractivity contribution in [3.05, 3.63) is 112 Å². The standard InChI is InChI=1S/C28H24/c1-19-11-13-21(26-17-12-20(2)23-7-3-5-9-27(23)26)16-18-24(19)28-10-6-4-8-25(28)22-14-15-22/h3-13,17-18,22H,14-15H2,1-2H3. The van der Waals surface area contributed by atoms with E-state index >= 15 is 0 Å². The predicted molar refractivity (Wildman–Crippen MR) is 120 cm³/mol. The van der Waals surface area contributed by atoms with E-state index in [1.54, 1.807) is 0 Å². The second-order valence-electron chi connectivity index (χ2n) is 7.97. The second kappa shape index (κ2) is 6.82. The summed E-state index contributed by atoms with van der Waals surface area (Å²) < 4.78 is 0. The molecule has 2 aliphatic carbocycles. The summed E-state index contributed by atoms with van der Waals surface area (Å²) in [5, 5.41) is 2.61. The summed E-state index contributed by atoms with van der Waals surface area (Å²) in [5.74, 6) is 0.738. The fraction of sp³-hybridized carbons (Fsp3) is 0.179. The quantitative estimate of drug-likeness (QED) is 0.422.